The van der Waals surface area contributed by atoms with Crippen molar-refractivity contribution in [2.45, 2.75) is 39.1 Å². The third kappa shape index (κ3) is 3.55. The third-order valence-corrected chi connectivity index (χ3v) is 4.06. The van der Waals surface area contributed by atoms with Crippen LogP contribution < -0.4 is 0 Å². The van der Waals surface area contributed by atoms with Crippen LogP contribution in [0.5, 0.6) is 0 Å². The van der Waals surface area contributed by atoms with E-state index in [1.807, 2.05) is 13.0 Å². The number of aryl methyl sites for hydroxylation is 1. The molecule has 0 amide bonds. The van der Waals surface area contributed by atoms with Crippen LogP contribution in [0.2, 0.25) is 0 Å². The molecule has 1 unspecified atom stereocenters. The Balaban J connectivity index is 2.25. The van der Waals surface area contributed by atoms with E-state index >= 15 is 0 Å². The van der Waals surface area contributed by atoms with Gasteiger partial charge in [-0.25, -0.2) is 9.37 Å². The van der Waals surface area contributed by atoms with Gasteiger partial charge >= 0.3 is 0 Å². The summed E-state index contributed by atoms with van der Waals surface area (Å²) in [6.45, 7) is 10.1. The monoisotopic (exact) mass is 311 g/mol. The van der Waals surface area contributed by atoms with Crippen molar-refractivity contribution in [3.63, 3.8) is 0 Å². The standard InChI is InChI=1S/C16H23ClFN3/c1-4-20(5-2)10-7-11-21-14-9-6-8-13(18)15(14)19-16(21)12(3)17/h6,8-9,12H,4-5,7,10-11H2,1-3H3. The molecule has 0 fully saturated rings. The smallest absolute Gasteiger partial charge is 0.151 e. The van der Waals surface area contributed by atoms with Gasteiger partial charge in [0, 0.05) is 6.54 Å². The molecule has 116 valence electrons. The van der Waals surface area contributed by atoms with E-state index in [2.05, 4.69) is 28.3 Å². The van der Waals surface area contributed by atoms with E-state index in [4.69, 9.17) is 11.6 Å². The van der Waals surface area contributed by atoms with Crippen LogP contribution in [0.1, 0.15) is 38.4 Å². The summed E-state index contributed by atoms with van der Waals surface area (Å²) in [5, 5.41) is -0.231. The van der Waals surface area contributed by atoms with Crippen molar-refractivity contribution in [1.82, 2.24) is 14.5 Å². The summed E-state index contributed by atoms with van der Waals surface area (Å²) in [4.78, 5) is 6.77. The zero-order valence-corrected chi connectivity index (χ0v) is 13.7. The molecule has 0 aliphatic heterocycles. The van der Waals surface area contributed by atoms with Gasteiger partial charge in [0.15, 0.2) is 5.82 Å². The Hall–Kier alpha value is -1.13. The summed E-state index contributed by atoms with van der Waals surface area (Å²) >= 11 is 6.21. The number of aromatic nitrogens is 2. The minimum absolute atomic E-state index is 0.231. The second kappa shape index (κ2) is 7.23. The molecule has 0 radical (unpaired) electrons. The summed E-state index contributed by atoms with van der Waals surface area (Å²) in [6, 6.07) is 5.08. The van der Waals surface area contributed by atoms with Gasteiger partial charge in [0.1, 0.15) is 11.3 Å². The Kier molecular flexibility index (Phi) is 5.59. The Morgan fingerprint density at radius 1 is 1.33 bits per heavy atom. The minimum atomic E-state index is -0.284. The molecule has 0 saturated heterocycles. The first-order chi connectivity index (χ1) is 10.1. The second-order valence-corrected chi connectivity index (χ2v) is 5.88. The van der Waals surface area contributed by atoms with Crippen LogP contribution in [0.25, 0.3) is 11.0 Å². The normalized spacial score (nSPS) is 13.2. The molecule has 3 nitrogen and oxygen atoms in total. The fourth-order valence-electron chi connectivity index (χ4n) is 2.66. The van der Waals surface area contributed by atoms with E-state index in [-0.39, 0.29) is 11.2 Å². The first-order valence-corrected chi connectivity index (χ1v) is 8.03. The molecule has 5 heteroatoms. The summed E-state index contributed by atoms with van der Waals surface area (Å²) < 4.78 is 15.9. The van der Waals surface area contributed by atoms with E-state index < -0.39 is 0 Å². The quantitative estimate of drug-likeness (QED) is 0.714. The van der Waals surface area contributed by atoms with Gasteiger partial charge in [-0.2, -0.15) is 0 Å². The Morgan fingerprint density at radius 3 is 2.67 bits per heavy atom. The minimum Gasteiger partial charge on any atom is -0.327 e. The van der Waals surface area contributed by atoms with Crippen molar-refractivity contribution in [2.24, 2.45) is 0 Å². The number of rotatable bonds is 7. The predicted molar refractivity (Wildman–Crippen MR) is 86.4 cm³/mol. The van der Waals surface area contributed by atoms with Gasteiger partial charge in [0.25, 0.3) is 0 Å². The van der Waals surface area contributed by atoms with Crippen molar-refractivity contribution in [2.75, 3.05) is 19.6 Å². The molecule has 1 aromatic carbocycles. The first kappa shape index (κ1) is 16.2. The number of alkyl halides is 1. The average molecular weight is 312 g/mol. The van der Waals surface area contributed by atoms with E-state index in [0.717, 1.165) is 43.9 Å². The van der Waals surface area contributed by atoms with Crippen LogP contribution in [-0.4, -0.2) is 34.1 Å². The van der Waals surface area contributed by atoms with Crippen LogP contribution >= 0.6 is 11.6 Å². The SMILES string of the molecule is CCN(CC)CCCn1c(C(C)Cl)nc2c(F)cccc21. The summed E-state index contributed by atoms with van der Waals surface area (Å²) in [5.41, 5.74) is 1.25. The van der Waals surface area contributed by atoms with E-state index in [1.165, 1.54) is 6.07 Å². The molecule has 0 aliphatic rings. The number of para-hydroxylation sites is 1. The van der Waals surface area contributed by atoms with E-state index in [0.29, 0.717) is 5.52 Å². The van der Waals surface area contributed by atoms with Crippen molar-refractivity contribution < 1.29 is 4.39 Å². The maximum absolute atomic E-state index is 13.9. The Morgan fingerprint density at radius 2 is 2.05 bits per heavy atom. The van der Waals surface area contributed by atoms with Crippen molar-refractivity contribution in [1.29, 1.82) is 0 Å². The van der Waals surface area contributed by atoms with Crippen LogP contribution in [0.4, 0.5) is 4.39 Å². The lowest BCUT2D eigenvalue weighted by Crippen LogP contribution is -2.25. The summed E-state index contributed by atoms with van der Waals surface area (Å²) in [5.74, 6) is 0.463. The number of fused-ring (bicyclic) bond motifs is 1. The Labute approximate surface area is 130 Å². The fourth-order valence-corrected chi connectivity index (χ4v) is 2.83. The number of benzene rings is 1. The molecule has 0 saturated carbocycles. The lowest BCUT2D eigenvalue weighted by molar-refractivity contribution is 0.293. The number of nitrogens with zero attached hydrogens (tertiary/aromatic N) is 3. The molecular formula is C16H23ClFN3. The largest absolute Gasteiger partial charge is 0.327 e. The van der Waals surface area contributed by atoms with Crippen molar-refractivity contribution >= 4 is 22.6 Å². The van der Waals surface area contributed by atoms with Gasteiger partial charge in [-0.1, -0.05) is 19.9 Å². The van der Waals surface area contributed by atoms with Crippen LogP contribution in [0, 0.1) is 5.82 Å². The molecule has 2 aromatic rings. The Bertz CT molecular complexity index is 590. The van der Waals surface area contributed by atoms with E-state index in [1.54, 1.807) is 6.07 Å². The first-order valence-electron chi connectivity index (χ1n) is 7.59. The number of halogens is 2. The van der Waals surface area contributed by atoms with Gasteiger partial charge in [0.2, 0.25) is 0 Å². The molecule has 1 atom stereocenters. The summed E-state index contributed by atoms with van der Waals surface area (Å²) in [7, 11) is 0. The molecule has 1 aromatic heterocycles. The van der Waals surface area contributed by atoms with Gasteiger partial charge in [-0.05, 0) is 45.1 Å². The highest BCUT2D eigenvalue weighted by atomic mass is 35.5. The maximum Gasteiger partial charge on any atom is 0.151 e. The number of hydrogen-bond donors (Lipinski definition) is 0. The predicted octanol–water partition coefficient (Wildman–Crippen LogP) is 4.21. The highest BCUT2D eigenvalue weighted by molar-refractivity contribution is 6.20. The molecule has 0 aliphatic carbocycles. The van der Waals surface area contributed by atoms with Crippen LogP contribution in [-0.2, 0) is 6.54 Å². The molecule has 0 bridgehead atoms. The fraction of sp³-hybridized carbons (Fsp3) is 0.562. The van der Waals surface area contributed by atoms with Crippen LogP contribution in [0.15, 0.2) is 18.2 Å². The molecule has 2 rings (SSSR count). The van der Waals surface area contributed by atoms with Crippen LogP contribution in [0.3, 0.4) is 0 Å². The molecule has 21 heavy (non-hydrogen) atoms. The molecule has 1 heterocycles. The van der Waals surface area contributed by atoms with Gasteiger partial charge < -0.3 is 9.47 Å². The zero-order valence-electron chi connectivity index (χ0n) is 12.9. The lowest BCUT2D eigenvalue weighted by atomic mass is 10.3. The topological polar surface area (TPSA) is 21.1 Å². The number of hydrogen-bond acceptors (Lipinski definition) is 2. The van der Waals surface area contributed by atoms with E-state index in [9.17, 15) is 4.39 Å². The van der Waals surface area contributed by atoms with Crippen molar-refractivity contribution in [3.8, 4) is 0 Å². The molecular weight excluding hydrogens is 289 g/mol. The van der Waals surface area contributed by atoms with Gasteiger partial charge in [-0.3, -0.25) is 0 Å². The molecule has 0 spiro atoms. The van der Waals surface area contributed by atoms with Gasteiger partial charge in [-0.15, -0.1) is 11.6 Å². The maximum atomic E-state index is 13.9. The lowest BCUT2D eigenvalue weighted by Gasteiger charge is -2.18. The molecule has 0 N–H and O–H groups in total. The highest BCUT2D eigenvalue weighted by Crippen LogP contribution is 2.26. The second-order valence-electron chi connectivity index (χ2n) is 5.23. The third-order valence-electron chi connectivity index (χ3n) is 3.87. The van der Waals surface area contributed by atoms with Crippen molar-refractivity contribution in [3.05, 3.63) is 29.8 Å². The highest BCUT2D eigenvalue weighted by Gasteiger charge is 2.16. The number of imidazole rings is 1. The van der Waals surface area contributed by atoms with Gasteiger partial charge in [0.05, 0.1) is 10.9 Å². The summed E-state index contributed by atoms with van der Waals surface area (Å²) in [6.07, 6.45) is 1.00. The zero-order chi connectivity index (χ0) is 15.4. The average Bonchev–Trinajstić information content (AvgIpc) is 2.84.